The van der Waals surface area contributed by atoms with Crippen molar-refractivity contribution in [3.8, 4) is 0 Å². The Morgan fingerprint density at radius 2 is 1.66 bits per heavy atom. The number of amides is 2. The number of nitrogens with zero attached hydrogens (tertiary/aromatic N) is 2. The lowest BCUT2D eigenvalue weighted by Crippen LogP contribution is -2.52. The summed E-state index contributed by atoms with van der Waals surface area (Å²) in [4.78, 5) is 28.2. The van der Waals surface area contributed by atoms with E-state index in [0.717, 1.165) is 22.5 Å². The van der Waals surface area contributed by atoms with E-state index in [-0.39, 0.29) is 18.4 Å². The lowest BCUT2D eigenvalue weighted by molar-refractivity contribution is -0.140. The second-order valence-corrected chi connectivity index (χ2v) is 11.1. The molecule has 0 aliphatic carbocycles. The number of carbonyl (C=O) groups excluding carboxylic acids is 2. The minimum absolute atomic E-state index is 0.0491. The number of carbonyl (C=O) groups is 2. The van der Waals surface area contributed by atoms with Crippen LogP contribution in [-0.2, 0) is 26.2 Å². The summed E-state index contributed by atoms with van der Waals surface area (Å²) in [6, 6.07) is 13.5. The predicted molar refractivity (Wildman–Crippen MR) is 142 cm³/mol. The van der Waals surface area contributed by atoms with Crippen LogP contribution in [0.25, 0.3) is 0 Å². The number of para-hydroxylation sites is 1. The molecule has 0 saturated carbocycles. The molecule has 0 unspecified atom stereocenters. The lowest BCUT2D eigenvalue weighted by atomic mass is 10.0. The minimum atomic E-state index is -3.79. The Bertz CT molecular complexity index is 1120. The molecule has 1 N–H and O–H groups in total. The van der Waals surface area contributed by atoms with E-state index in [4.69, 9.17) is 11.6 Å². The molecular formula is C26H36ClN3O4S. The van der Waals surface area contributed by atoms with Crippen LogP contribution < -0.4 is 9.62 Å². The van der Waals surface area contributed by atoms with Crippen LogP contribution in [0.3, 0.4) is 0 Å². The zero-order valence-electron chi connectivity index (χ0n) is 21.1. The Morgan fingerprint density at radius 1 is 1.03 bits per heavy atom. The van der Waals surface area contributed by atoms with Crippen LogP contribution >= 0.6 is 11.6 Å². The van der Waals surface area contributed by atoms with Crippen molar-refractivity contribution in [2.45, 2.75) is 59.0 Å². The zero-order chi connectivity index (χ0) is 26.2. The third-order valence-electron chi connectivity index (χ3n) is 5.74. The number of hydrogen-bond donors (Lipinski definition) is 1. The van der Waals surface area contributed by atoms with E-state index >= 15 is 0 Å². The summed E-state index contributed by atoms with van der Waals surface area (Å²) in [5.41, 5.74) is 1.95. The fourth-order valence-electron chi connectivity index (χ4n) is 3.89. The molecule has 0 spiro atoms. The van der Waals surface area contributed by atoms with Gasteiger partial charge in [0, 0.05) is 18.1 Å². The highest BCUT2D eigenvalue weighted by atomic mass is 35.5. The van der Waals surface area contributed by atoms with Gasteiger partial charge in [0.1, 0.15) is 12.6 Å². The van der Waals surface area contributed by atoms with Crippen molar-refractivity contribution >= 4 is 39.1 Å². The van der Waals surface area contributed by atoms with Gasteiger partial charge in [0.2, 0.25) is 21.8 Å². The van der Waals surface area contributed by atoms with Gasteiger partial charge >= 0.3 is 0 Å². The predicted octanol–water partition coefficient (Wildman–Crippen LogP) is 4.56. The lowest BCUT2D eigenvalue weighted by Gasteiger charge is -2.33. The fraction of sp³-hybridized carbons (Fsp3) is 0.462. The third-order valence-corrected chi connectivity index (χ3v) is 7.24. The first-order valence-electron chi connectivity index (χ1n) is 11.9. The minimum Gasteiger partial charge on any atom is -0.354 e. The van der Waals surface area contributed by atoms with E-state index < -0.39 is 28.5 Å². The Balaban J connectivity index is 2.50. The summed E-state index contributed by atoms with van der Waals surface area (Å²) in [7, 11) is -3.79. The summed E-state index contributed by atoms with van der Waals surface area (Å²) in [5.74, 6) is -0.705. The molecule has 2 aromatic carbocycles. The van der Waals surface area contributed by atoms with Gasteiger partial charge < -0.3 is 10.2 Å². The largest absolute Gasteiger partial charge is 0.354 e. The number of benzene rings is 2. The SMILES string of the molecule is CCCNC(=O)[C@H](CC)N(Cc1ccccc1Cl)C(=O)CN(c1ccccc1C(C)C)S(C)(=O)=O. The molecule has 0 saturated heterocycles. The quantitative estimate of drug-likeness (QED) is 0.443. The molecule has 7 nitrogen and oxygen atoms in total. The van der Waals surface area contributed by atoms with E-state index in [1.807, 2.05) is 45.9 Å². The molecule has 35 heavy (non-hydrogen) atoms. The fourth-order valence-corrected chi connectivity index (χ4v) is 4.96. The van der Waals surface area contributed by atoms with Gasteiger partial charge in [-0.25, -0.2) is 8.42 Å². The number of rotatable bonds is 12. The second kappa shape index (κ2) is 12.9. The van der Waals surface area contributed by atoms with Crippen LogP contribution in [-0.4, -0.2) is 50.5 Å². The molecule has 9 heteroatoms. The average molecular weight is 522 g/mol. The van der Waals surface area contributed by atoms with E-state index in [2.05, 4.69) is 5.32 Å². The molecular weight excluding hydrogens is 486 g/mol. The summed E-state index contributed by atoms with van der Waals surface area (Å²) in [6.45, 7) is 7.85. The van der Waals surface area contributed by atoms with Gasteiger partial charge in [0.25, 0.3) is 0 Å². The van der Waals surface area contributed by atoms with E-state index in [1.54, 1.807) is 30.3 Å². The van der Waals surface area contributed by atoms with Crippen LogP contribution in [0, 0.1) is 0 Å². The molecule has 2 amide bonds. The summed E-state index contributed by atoms with van der Waals surface area (Å²) < 4.78 is 26.8. The van der Waals surface area contributed by atoms with Gasteiger partial charge in [-0.3, -0.25) is 13.9 Å². The van der Waals surface area contributed by atoms with Crippen LogP contribution in [0.2, 0.25) is 5.02 Å². The molecule has 1 atom stereocenters. The first kappa shape index (κ1) is 28.7. The Kier molecular flexibility index (Phi) is 10.6. The van der Waals surface area contributed by atoms with Gasteiger partial charge in [0.05, 0.1) is 11.9 Å². The topological polar surface area (TPSA) is 86.8 Å². The van der Waals surface area contributed by atoms with Crippen molar-refractivity contribution in [1.29, 1.82) is 0 Å². The van der Waals surface area contributed by atoms with Crippen LogP contribution in [0.4, 0.5) is 5.69 Å². The molecule has 0 heterocycles. The van der Waals surface area contributed by atoms with Crippen molar-refractivity contribution < 1.29 is 18.0 Å². The maximum Gasteiger partial charge on any atom is 0.244 e. The molecule has 0 aromatic heterocycles. The van der Waals surface area contributed by atoms with Gasteiger partial charge in [0.15, 0.2) is 0 Å². The first-order valence-corrected chi connectivity index (χ1v) is 14.1. The average Bonchev–Trinajstić information content (AvgIpc) is 2.81. The smallest absolute Gasteiger partial charge is 0.244 e. The van der Waals surface area contributed by atoms with Crippen molar-refractivity contribution in [2.24, 2.45) is 0 Å². The second-order valence-electron chi connectivity index (χ2n) is 8.81. The van der Waals surface area contributed by atoms with Crippen LogP contribution in [0.5, 0.6) is 0 Å². The van der Waals surface area contributed by atoms with Gasteiger partial charge in [-0.05, 0) is 42.0 Å². The molecule has 0 aliphatic heterocycles. The highest BCUT2D eigenvalue weighted by Crippen LogP contribution is 2.29. The molecule has 0 aliphatic rings. The zero-order valence-corrected chi connectivity index (χ0v) is 22.7. The monoisotopic (exact) mass is 521 g/mol. The third kappa shape index (κ3) is 7.70. The Morgan fingerprint density at radius 3 is 2.23 bits per heavy atom. The van der Waals surface area contributed by atoms with Gasteiger partial charge in [-0.2, -0.15) is 0 Å². The first-order chi connectivity index (χ1) is 16.5. The van der Waals surface area contributed by atoms with Crippen molar-refractivity contribution in [2.75, 3.05) is 23.7 Å². The van der Waals surface area contributed by atoms with E-state index in [9.17, 15) is 18.0 Å². The molecule has 0 radical (unpaired) electrons. The number of halogens is 1. The maximum atomic E-state index is 13.7. The molecule has 0 fully saturated rings. The molecule has 2 aromatic rings. The molecule has 2 rings (SSSR count). The summed E-state index contributed by atoms with van der Waals surface area (Å²) in [5, 5.41) is 3.33. The van der Waals surface area contributed by atoms with Gasteiger partial charge in [-0.1, -0.05) is 75.7 Å². The normalized spacial score (nSPS) is 12.3. The van der Waals surface area contributed by atoms with Crippen molar-refractivity contribution in [1.82, 2.24) is 10.2 Å². The molecule has 192 valence electrons. The number of sulfonamides is 1. The van der Waals surface area contributed by atoms with Crippen LogP contribution in [0.15, 0.2) is 48.5 Å². The maximum absolute atomic E-state index is 13.7. The Labute approximate surface area is 214 Å². The summed E-state index contributed by atoms with van der Waals surface area (Å²) in [6.07, 6.45) is 2.21. The molecule has 0 bridgehead atoms. The van der Waals surface area contributed by atoms with Crippen molar-refractivity contribution in [3.05, 3.63) is 64.7 Å². The number of hydrogen-bond acceptors (Lipinski definition) is 4. The highest BCUT2D eigenvalue weighted by Gasteiger charge is 2.32. The standard InChI is InChI=1S/C26H36ClN3O4S/c1-6-16-28-26(32)23(7-2)29(17-20-12-8-10-14-22(20)27)25(31)18-30(35(5,33)34)24-15-11-9-13-21(24)19(3)4/h8-15,19,23H,6-7,16-18H2,1-5H3,(H,28,32)/t23-/m0/s1. The van der Waals surface area contributed by atoms with Crippen molar-refractivity contribution in [3.63, 3.8) is 0 Å². The van der Waals surface area contributed by atoms with E-state index in [0.29, 0.717) is 29.2 Å². The van der Waals surface area contributed by atoms with E-state index in [1.165, 1.54) is 4.90 Å². The Hall–Kier alpha value is -2.58. The number of nitrogens with one attached hydrogen (secondary N) is 1. The summed E-state index contributed by atoms with van der Waals surface area (Å²) >= 11 is 6.37. The highest BCUT2D eigenvalue weighted by molar-refractivity contribution is 7.92. The number of anilines is 1. The van der Waals surface area contributed by atoms with Crippen LogP contribution in [0.1, 0.15) is 57.6 Å². The van der Waals surface area contributed by atoms with Gasteiger partial charge in [-0.15, -0.1) is 0 Å².